The second-order valence-corrected chi connectivity index (χ2v) is 4.90. The van der Waals surface area contributed by atoms with E-state index in [1.54, 1.807) is 0 Å². The highest BCUT2D eigenvalue weighted by Crippen LogP contribution is 2.30. The zero-order chi connectivity index (χ0) is 12.3. The summed E-state index contributed by atoms with van der Waals surface area (Å²) in [5.74, 6) is 1.60. The second-order valence-electron chi connectivity index (χ2n) is 4.90. The zero-order valence-corrected chi connectivity index (χ0v) is 11.0. The van der Waals surface area contributed by atoms with Gasteiger partial charge in [-0.05, 0) is 50.8 Å². The molecule has 0 bridgehead atoms. The van der Waals surface area contributed by atoms with E-state index >= 15 is 0 Å². The maximum absolute atomic E-state index is 5.87. The quantitative estimate of drug-likeness (QED) is 0.821. The van der Waals surface area contributed by atoms with Crippen molar-refractivity contribution in [1.82, 2.24) is 10.3 Å². The third kappa shape index (κ3) is 3.43. The van der Waals surface area contributed by atoms with Crippen LogP contribution in [0.1, 0.15) is 36.6 Å². The van der Waals surface area contributed by atoms with E-state index in [4.69, 9.17) is 4.74 Å². The van der Waals surface area contributed by atoms with Gasteiger partial charge < -0.3 is 10.1 Å². The lowest BCUT2D eigenvalue weighted by Gasteiger charge is -2.14. The first-order valence-electron chi connectivity index (χ1n) is 6.51. The molecule has 1 aromatic rings. The van der Waals surface area contributed by atoms with Gasteiger partial charge in [-0.1, -0.05) is 6.92 Å². The van der Waals surface area contributed by atoms with Crippen LogP contribution in [0.15, 0.2) is 6.07 Å². The number of pyridine rings is 1. The van der Waals surface area contributed by atoms with Crippen molar-refractivity contribution < 1.29 is 4.74 Å². The standard InChI is InChI=1S/C14H22N2O/c1-4-15-8-13-10(2)7-11(3)16-14(13)17-9-12-5-6-12/h7,12,15H,4-6,8-9H2,1-3H3. The number of aromatic nitrogens is 1. The number of ether oxygens (including phenoxy) is 1. The summed E-state index contributed by atoms with van der Waals surface area (Å²) in [5.41, 5.74) is 3.51. The third-order valence-electron chi connectivity index (χ3n) is 3.14. The number of nitrogens with zero attached hydrogens (tertiary/aromatic N) is 1. The Kier molecular flexibility index (Phi) is 4.00. The number of rotatable bonds is 6. The van der Waals surface area contributed by atoms with Crippen LogP contribution in [-0.2, 0) is 6.54 Å². The van der Waals surface area contributed by atoms with Crippen LogP contribution in [0.5, 0.6) is 5.88 Å². The first-order valence-corrected chi connectivity index (χ1v) is 6.51. The fourth-order valence-corrected chi connectivity index (χ4v) is 1.89. The molecule has 1 aromatic heterocycles. The van der Waals surface area contributed by atoms with Crippen LogP contribution in [-0.4, -0.2) is 18.1 Å². The molecular weight excluding hydrogens is 212 g/mol. The molecule has 1 heterocycles. The molecule has 0 radical (unpaired) electrons. The van der Waals surface area contributed by atoms with Crippen LogP contribution in [0.2, 0.25) is 0 Å². The molecule has 2 rings (SSSR count). The summed E-state index contributed by atoms with van der Waals surface area (Å²) >= 11 is 0. The molecule has 0 amide bonds. The van der Waals surface area contributed by atoms with Crippen LogP contribution >= 0.6 is 0 Å². The normalized spacial score (nSPS) is 15.0. The molecule has 0 saturated heterocycles. The van der Waals surface area contributed by atoms with E-state index in [2.05, 4.69) is 30.2 Å². The summed E-state index contributed by atoms with van der Waals surface area (Å²) in [6, 6.07) is 2.12. The Bertz CT molecular complexity index is 386. The highest BCUT2D eigenvalue weighted by molar-refractivity contribution is 5.35. The number of hydrogen-bond donors (Lipinski definition) is 1. The van der Waals surface area contributed by atoms with Crippen molar-refractivity contribution in [1.29, 1.82) is 0 Å². The van der Waals surface area contributed by atoms with E-state index in [9.17, 15) is 0 Å². The Morgan fingerprint density at radius 1 is 1.41 bits per heavy atom. The van der Waals surface area contributed by atoms with Gasteiger partial charge in [0.1, 0.15) is 0 Å². The van der Waals surface area contributed by atoms with E-state index in [1.807, 2.05) is 6.92 Å². The summed E-state index contributed by atoms with van der Waals surface area (Å²) in [6.07, 6.45) is 2.63. The molecule has 0 unspecified atom stereocenters. The summed E-state index contributed by atoms with van der Waals surface area (Å²) in [7, 11) is 0. The summed E-state index contributed by atoms with van der Waals surface area (Å²) in [4.78, 5) is 4.52. The van der Waals surface area contributed by atoms with Gasteiger partial charge >= 0.3 is 0 Å². The lowest BCUT2D eigenvalue weighted by atomic mass is 10.1. The lowest BCUT2D eigenvalue weighted by Crippen LogP contribution is -2.15. The van der Waals surface area contributed by atoms with Gasteiger partial charge in [0.05, 0.1) is 6.61 Å². The largest absolute Gasteiger partial charge is 0.477 e. The van der Waals surface area contributed by atoms with Crippen LogP contribution in [0, 0.1) is 19.8 Å². The fourth-order valence-electron chi connectivity index (χ4n) is 1.89. The molecule has 1 aliphatic carbocycles. The Balaban J connectivity index is 2.12. The fraction of sp³-hybridized carbons (Fsp3) is 0.643. The monoisotopic (exact) mass is 234 g/mol. The molecule has 1 aliphatic rings. The third-order valence-corrected chi connectivity index (χ3v) is 3.14. The summed E-state index contributed by atoms with van der Waals surface area (Å²) < 4.78 is 5.87. The molecule has 94 valence electrons. The average molecular weight is 234 g/mol. The maximum Gasteiger partial charge on any atom is 0.218 e. The minimum atomic E-state index is 0.768. The van der Waals surface area contributed by atoms with Crippen molar-refractivity contribution in [2.45, 2.75) is 40.2 Å². The van der Waals surface area contributed by atoms with E-state index in [1.165, 1.54) is 24.0 Å². The Morgan fingerprint density at radius 3 is 2.82 bits per heavy atom. The van der Waals surface area contributed by atoms with E-state index in [-0.39, 0.29) is 0 Å². The minimum absolute atomic E-state index is 0.768. The number of aryl methyl sites for hydroxylation is 2. The summed E-state index contributed by atoms with van der Waals surface area (Å²) in [5, 5.41) is 3.35. The summed E-state index contributed by atoms with van der Waals surface area (Å²) in [6.45, 7) is 8.90. The Morgan fingerprint density at radius 2 is 2.18 bits per heavy atom. The van der Waals surface area contributed by atoms with Crippen LogP contribution in [0.4, 0.5) is 0 Å². The zero-order valence-electron chi connectivity index (χ0n) is 11.0. The SMILES string of the molecule is CCNCc1c(C)cc(C)nc1OCC1CC1. The van der Waals surface area contributed by atoms with Crippen LogP contribution < -0.4 is 10.1 Å². The highest BCUT2D eigenvalue weighted by Gasteiger charge is 2.23. The van der Waals surface area contributed by atoms with Crippen molar-refractivity contribution in [2.24, 2.45) is 5.92 Å². The van der Waals surface area contributed by atoms with Gasteiger partial charge in [-0.15, -0.1) is 0 Å². The minimum Gasteiger partial charge on any atom is -0.477 e. The molecule has 1 saturated carbocycles. The Hall–Kier alpha value is -1.09. The van der Waals surface area contributed by atoms with Gasteiger partial charge in [0.2, 0.25) is 5.88 Å². The van der Waals surface area contributed by atoms with E-state index in [0.29, 0.717) is 0 Å². The van der Waals surface area contributed by atoms with Gasteiger partial charge in [-0.25, -0.2) is 4.98 Å². The molecule has 17 heavy (non-hydrogen) atoms. The lowest BCUT2D eigenvalue weighted by molar-refractivity contribution is 0.284. The topological polar surface area (TPSA) is 34.2 Å². The van der Waals surface area contributed by atoms with Gasteiger partial charge in [0.25, 0.3) is 0 Å². The van der Waals surface area contributed by atoms with E-state index < -0.39 is 0 Å². The smallest absolute Gasteiger partial charge is 0.218 e. The van der Waals surface area contributed by atoms with Gasteiger partial charge in [-0.2, -0.15) is 0 Å². The molecular formula is C14H22N2O. The predicted octanol–water partition coefficient (Wildman–Crippen LogP) is 2.60. The molecule has 3 heteroatoms. The molecule has 1 fully saturated rings. The van der Waals surface area contributed by atoms with Crippen molar-refractivity contribution in [3.05, 3.63) is 22.9 Å². The molecule has 0 aromatic carbocycles. The van der Waals surface area contributed by atoms with Crippen molar-refractivity contribution in [2.75, 3.05) is 13.2 Å². The van der Waals surface area contributed by atoms with Crippen molar-refractivity contribution in [3.8, 4) is 5.88 Å². The first-order chi connectivity index (χ1) is 8.20. The molecule has 0 atom stereocenters. The van der Waals surface area contributed by atoms with Gasteiger partial charge in [0.15, 0.2) is 0 Å². The predicted molar refractivity (Wildman–Crippen MR) is 69.3 cm³/mol. The number of hydrogen-bond acceptors (Lipinski definition) is 3. The Labute approximate surface area is 104 Å². The van der Waals surface area contributed by atoms with Crippen LogP contribution in [0.3, 0.4) is 0 Å². The molecule has 0 spiro atoms. The molecule has 3 nitrogen and oxygen atoms in total. The average Bonchev–Trinajstić information content (AvgIpc) is 3.08. The number of nitrogens with one attached hydrogen (secondary N) is 1. The first kappa shape index (κ1) is 12.4. The molecule has 1 N–H and O–H groups in total. The highest BCUT2D eigenvalue weighted by atomic mass is 16.5. The molecule has 0 aliphatic heterocycles. The van der Waals surface area contributed by atoms with Gasteiger partial charge in [-0.3, -0.25) is 0 Å². The van der Waals surface area contributed by atoms with Crippen LogP contribution in [0.25, 0.3) is 0 Å². The second kappa shape index (κ2) is 5.50. The van der Waals surface area contributed by atoms with Crippen molar-refractivity contribution in [3.63, 3.8) is 0 Å². The van der Waals surface area contributed by atoms with Gasteiger partial charge in [0, 0.05) is 17.8 Å². The maximum atomic E-state index is 5.87. The van der Waals surface area contributed by atoms with Crippen molar-refractivity contribution >= 4 is 0 Å². The van der Waals surface area contributed by atoms with E-state index in [0.717, 1.165) is 37.2 Å².